The van der Waals surface area contributed by atoms with E-state index in [0.717, 1.165) is 16.8 Å². The van der Waals surface area contributed by atoms with Crippen molar-refractivity contribution in [1.29, 1.82) is 0 Å². The van der Waals surface area contributed by atoms with Crippen LogP contribution in [0, 0.1) is 11.8 Å². The van der Waals surface area contributed by atoms with Gasteiger partial charge in [-0.15, -0.1) is 0 Å². The molecule has 0 aliphatic rings. The minimum absolute atomic E-state index is 0.0464. The molecule has 0 amide bonds. The Morgan fingerprint density at radius 2 is 1.74 bits per heavy atom. The second-order valence-electron chi connectivity index (χ2n) is 7.35. The van der Waals surface area contributed by atoms with E-state index >= 15 is 0 Å². The van der Waals surface area contributed by atoms with Crippen LogP contribution in [0.5, 0.6) is 0 Å². The molecule has 1 aromatic heterocycles. The number of carbonyl (C=O) groups is 1. The topological polar surface area (TPSA) is 99.6 Å². The molecule has 0 spiro atoms. The largest absolute Gasteiger partial charge is 0.462 e. The number of rotatable bonds is 7. The van der Waals surface area contributed by atoms with Crippen molar-refractivity contribution in [3.63, 3.8) is 0 Å². The van der Waals surface area contributed by atoms with Gasteiger partial charge in [0.05, 0.1) is 29.3 Å². The van der Waals surface area contributed by atoms with Gasteiger partial charge in [0.25, 0.3) is 10.5 Å². The smallest absolute Gasteiger partial charge is 0.416 e. The molecule has 35 heavy (non-hydrogen) atoms. The number of hydrogen-bond acceptors (Lipinski definition) is 6. The van der Waals surface area contributed by atoms with Gasteiger partial charge in [0.1, 0.15) is 5.56 Å². The third-order valence-electron chi connectivity index (χ3n) is 5.25. The minimum atomic E-state index is -4.63. The predicted octanol–water partition coefficient (Wildman–Crippen LogP) is 3.52. The number of ether oxygens (including phenoxy) is 1. The summed E-state index contributed by atoms with van der Waals surface area (Å²) in [6.45, 7) is 2.20. The summed E-state index contributed by atoms with van der Waals surface area (Å²) in [6, 6.07) is 8.87. The van der Waals surface area contributed by atoms with Gasteiger partial charge in [0.15, 0.2) is 7.11 Å². The fourth-order valence-corrected chi connectivity index (χ4v) is 3.45. The van der Waals surface area contributed by atoms with E-state index in [1.54, 1.807) is 0 Å². The lowest BCUT2D eigenvalue weighted by atomic mass is 10.0. The van der Waals surface area contributed by atoms with Crippen molar-refractivity contribution < 1.29 is 32.5 Å². The van der Waals surface area contributed by atoms with E-state index in [9.17, 15) is 32.5 Å². The Morgan fingerprint density at radius 3 is 2.31 bits per heavy atom. The highest BCUT2D eigenvalue weighted by atomic mass is 19.4. The van der Waals surface area contributed by atoms with Crippen LogP contribution in [0.3, 0.4) is 0 Å². The van der Waals surface area contributed by atoms with Crippen LogP contribution in [0.1, 0.15) is 34.0 Å². The predicted molar refractivity (Wildman–Crippen MR) is 118 cm³/mol. The van der Waals surface area contributed by atoms with Crippen molar-refractivity contribution in [1.82, 2.24) is 9.13 Å². The highest BCUT2D eigenvalue weighted by molar-refractivity contribution is 5.88. The molecule has 0 bridgehead atoms. The minimum Gasteiger partial charge on any atom is -0.462 e. The molecular weight excluding hydrogens is 471 g/mol. The van der Waals surface area contributed by atoms with Gasteiger partial charge in [-0.3, -0.25) is 13.9 Å². The molecule has 1 heterocycles. The maximum Gasteiger partial charge on any atom is 0.416 e. The first-order valence-corrected chi connectivity index (χ1v) is 10.3. The maximum absolute atomic E-state index is 13.4. The lowest BCUT2D eigenvalue weighted by molar-refractivity contribution is -0.736. The van der Waals surface area contributed by atoms with Gasteiger partial charge in [-0.05, 0) is 43.2 Å². The van der Waals surface area contributed by atoms with E-state index in [1.807, 2.05) is 0 Å². The van der Waals surface area contributed by atoms with E-state index in [0.29, 0.717) is 4.57 Å². The van der Waals surface area contributed by atoms with Crippen LogP contribution in [-0.2, 0) is 22.3 Å². The Labute approximate surface area is 196 Å². The summed E-state index contributed by atoms with van der Waals surface area (Å²) in [5.41, 5.74) is -3.08. The highest BCUT2D eigenvalue weighted by Gasteiger charge is 2.33. The van der Waals surface area contributed by atoms with Gasteiger partial charge in [0.2, 0.25) is 0 Å². The Hall–Kier alpha value is -4.22. The molecule has 0 N–H and O–H groups in total. The third-order valence-corrected chi connectivity index (χ3v) is 5.25. The van der Waals surface area contributed by atoms with Crippen LogP contribution in [0.4, 0.5) is 18.9 Å². The zero-order valence-electron chi connectivity index (χ0n) is 19.0. The number of nitrogens with zero attached hydrogens (tertiary/aromatic N) is 3. The van der Waals surface area contributed by atoms with Crippen molar-refractivity contribution in [2.75, 3.05) is 13.7 Å². The second-order valence-corrected chi connectivity index (χ2v) is 7.35. The second kappa shape index (κ2) is 9.95. The van der Waals surface area contributed by atoms with Gasteiger partial charge in [-0.25, -0.2) is 14.4 Å². The quantitative estimate of drug-likeness (QED) is 0.370. The maximum atomic E-state index is 13.4. The first-order valence-electron chi connectivity index (χ1n) is 10.3. The van der Waals surface area contributed by atoms with Crippen molar-refractivity contribution in [2.24, 2.45) is 0 Å². The highest BCUT2D eigenvalue weighted by Crippen LogP contribution is 2.33. The number of hydrogen-bond donors (Lipinski definition) is 0. The molecule has 9 nitrogen and oxygen atoms in total. The monoisotopic (exact) mass is 492 g/mol. The molecule has 0 saturated heterocycles. The van der Waals surface area contributed by atoms with Crippen molar-refractivity contribution in [3.8, 4) is 5.69 Å². The Morgan fingerprint density at radius 1 is 1.09 bits per heavy atom. The molecule has 0 saturated carbocycles. The lowest BCUT2D eigenvalue weighted by Gasteiger charge is -2.16. The molecule has 0 aliphatic carbocycles. The van der Waals surface area contributed by atoms with Crippen LogP contribution in [-0.4, -0.2) is 33.7 Å². The Bertz CT molecular complexity index is 1390. The summed E-state index contributed by atoms with van der Waals surface area (Å²) in [5, 5.41) is 0. The number of carbonyl (C=O) groups excluding carboxylic acids is 1. The summed E-state index contributed by atoms with van der Waals surface area (Å²) in [4.78, 5) is 55.1. The normalized spacial score (nSPS) is 11.3. The molecule has 184 valence electrons. The van der Waals surface area contributed by atoms with Crippen LogP contribution in [0.15, 0.2) is 58.3 Å². The van der Waals surface area contributed by atoms with Crippen LogP contribution in [0.25, 0.3) is 5.69 Å². The fourth-order valence-electron chi connectivity index (χ4n) is 3.45. The molecule has 0 fully saturated rings. The lowest BCUT2D eigenvalue weighted by Crippen LogP contribution is -2.42. The Kier molecular flexibility index (Phi) is 7.22. The molecule has 12 heteroatoms. The number of alkyl halides is 3. The van der Waals surface area contributed by atoms with Gasteiger partial charge in [0, 0.05) is 18.3 Å². The van der Waals surface area contributed by atoms with Crippen LogP contribution >= 0.6 is 0 Å². The standard InChI is InChI=1S/C23H21F3N3O6/c1-4-35-21(31)18-13-27(16-8-10-17(11-9-16)29(33)34-3)22(32)28(20(18)30)12-15-6-5-7-19(14(15)2)23(24,25)26/h5-11,13H,4,12H2,1-3H3/q+1. The average molecular weight is 492 g/mol. The SMILES string of the molecule is CCOC(=O)c1cn(-c2ccc([N+](=O)OC)cc2)c(=O)n(Cc2cccc(C(F)(F)F)c2C)c1=O. The Balaban J connectivity index is 2.21. The van der Waals surface area contributed by atoms with E-state index in [1.165, 1.54) is 57.4 Å². The summed E-state index contributed by atoms with van der Waals surface area (Å²) >= 11 is 0. The molecule has 3 rings (SSSR count). The average Bonchev–Trinajstić information content (AvgIpc) is 2.82. The zero-order chi connectivity index (χ0) is 25.9. The zero-order valence-corrected chi connectivity index (χ0v) is 19.0. The van der Waals surface area contributed by atoms with Crippen LogP contribution < -0.4 is 11.2 Å². The van der Waals surface area contributed by atoms with Crippen molar-refractivity contribution >= 4 is 11.7 Å². The van der Waals surface area contributed by atoms with Crippen LogP contribution in [0.2, 0.25) is 0 Å². The van der Waals surface area contributed by atoms with E-state index < -0.39 is 41.1 Å². The van der Waals surface area contributed by atoms with E-state index in [-0.39, 0.29) is 34.0 Å². The number of halogens is 3. The molecule has 0 aliphatic heterocycles. The van der Waals surface area contributed by atoms with Gasteiger partial charge >= 0.3 is 23.5 Å². The number of aromatic nitrogens is 2. The van der Waals surface area contributed by atoms with E-state index in [2.05, 4.69) is 4.84 Å². The first-order chi connectivity index (χ1) is 16.5. The molecule has 0 atom stereocenters. The molecule has 0 radical (unpaired) electrons. The number of benzene rings is 2. The fraction of sp³-hybridized carbons (Fsp3) is 0.261. The van der Waals surface area contributed by atoms with Crippen molar-refractivity contribution in [3.05, 3.63) is 96.7 Å². The summed E-state index contributed by atoms with van der Waals surface area (Å²) in [5.74, 6) is -0.998. The van der Waals surface area contributed by atoms with E-state index in [4.69, 9.17) is 4.74 Å². The molecule has 2 aromatic carbocycles. The van der Waals surface area contributed by atoms with Gasteiger partial charge < -0.3 is 4.74 Å². The summed E-state index contributed by atoms with van der Waals surface area (Å²) in [6.07, 6.45) is -3.63. The third kappa shape index (κ3) is 5.15. The molecular formula is C23H21F3N3O6+. The molecule has 3 aromatic rings. The van der Waals surface area contributed by atoms with Crippen molar-refractivity contribution in [2.45, 2.75) is 26.6 Å². The number of esters is 1. The molecule has 0 unspecified atom stereocenters. The van der Waals surface area contributed by atoms with Gasteiger partial charge in [-0.2, -0.15) is 13.2 Å². The summed E-state index contributed by atoms with van der Waals surface area (Å²) in [7, 11) is 1.17. The van der Waals surface area contributed by atoms with Gasteiger partial charge in [-0.1, -0.05) is 12.1 Å². The first kappa shape index (κ1) is 25.4. The summed E-state index contributed by atoms with van der Waals surface area (Å²) < 4.78 is 46.6.